The van der Waals surface area contributed by atoms with E-state index in [9.17, 15) is 13.2 Å². The van der Waals surface area contributed by atoms with E-state index in [0.29, 0.717) is 11.3 Å². The van der Waals surface area contributed by atoms with Crippen molar-refractivity contribution in [3.05, 3.63) is 23.8 Å². The van der Waals surface area contributed by atoms with Gasteiger partial charge in [-0.05, 0) is 44.0 Å². The smallest absolute Gasteiger partial charge is 0.319 e. The first-order valence-electron chi connectivity index (χ1n) is 5.82. The van der Waals surface area contributed by atoms with Gasteiger partial charge in [-0.2, -0.15) is 0 Å². The lowest BCUT2D eigenvalue weighted by Gasteiger charge is -2.27. The third-order valence-corrected chi connectivity index (χ3v) is 4.45. The van der Waals surface area contributed by atoms with Crippen LogP contribution in [-0.4, -0.2) is 20.5 Å². The Bertz CT molecular complexity index is 587. The number of aryl methyl sites for hydroxylation is 1. The molecule has 0 aromatic heterocycles. The summed E-state index contributed by atoms with van der Waals surface area (Å²) in [6, 6.07) is 3.85. The van der Waals surface area contributed by atoms with Gasteiger partial charge in [0.1, 0.15) is 0 Å². The molecule has 0 aliphatic heterocycles. The second kappa shape index (κ2) is 5.79. The molecule has 0 aliphatic rings. The van der Waals surface area contributed by atoms with Gasteiger partial charge in [-0.3, -0.25) is 4.90 Å². The number of carbonyl (C=O) groups excluding carboxylic acids is 1. The molecule has 1 aromatic rings. The average molecular weight is 305 g/mol. The zero-order valence-electron chi connectivity index (χ0n) is 11.1. The molecule has 0 saturated carbocycles. The number of hydrogen-bond acceptors (Lipinski definition) is 3. The first-order chi connectivity index (χ1) is 8.68. The Kier molecular flexibility index (Phi) is 4.81. The van der Waals surface area contributed by atoms with Gasteiger partial charge in [-0.25, -0.2) is 13.2 Å². The Morgan fingerprint density at radius 1 is 1.47 bits per heavy atom. The molecule has 5 nitrogen and oxygen atoms in total. The maximum atomic E-state index is 11.5. The number of benzene rings is 1. The predicted molar refractivity (Wildman–Crippen MR) is 76.0 cm³/mol. The van der Waals surface area contributed by atoms with Gasteiger partial charge in [0.2, 0.25) is 0 Å². The molecular formula is C12H17ClN2O3S. The van der Waals surface area contributed by atoms with E-state index < -0.39 is 15.1 Å². The van der Waals surface area contributed by atoms with Crippen molar-refractivity contribution in [3.63, 3.8) is 0 Å². The minimum Gasteiger partial charge on any atom is -0.351 e. The summed E-state index contributed by atoms with van der Waals surface area (Å²) >= 11 is 0. The lowest BCUT2D eigenvalue weighted by Crippen LogP contribution is -2.42. The lowest BCUT2D eigenvalue weighted by molar-refractivity contribution is 0.252. The van der Waals surface area contributed by atoms with E-state index in [4.69, 9.17) is 16.4 Å². The van der Waals surface area contributed by atoms with Crippen LogP contribution in [0, 0.1) is 6.92 Å². The second-order valence-electron chi connectivity index (χ2n) is 4.35. The fraction of sp³-hybridized carbons (Fsp3) is 0.417. The fourth-order valence-corrected chi connectivity index (χ4v) is 3.03. The van der Waals surface area contributed by atoms with Crippen molar-refractivity contribution < 1.29 is 13.2 Å². The molecular weight excluding hydrogens is 288 g/mol. The number of halogens is 1. The van der Waals surface area contributed by atoms with Crippen LogP contribution in [0.15, 0.2) is 23.1 Å². The molecule has 0 aliphatic carbocycles. The zero-order valence-corrected chi connectivity index (χ0v) is 12.6. The quantitative estimate of drug-likeness (QED) is 0.868. The molecule has 0 saturated heterocycles. The van der Waals surface area contributed by atoms with Crippen molar-refractivity contribution in [1.82, 2.24) is 0 Å². The van der Waals surface area contributed by atoms with Crippen molar-refractivity contribution >= 4 is 31.5 Å². The Balaban J connectivity index is 3.29. The molecule has 1 atom stereocenters. The van der Waals surface area contributed by atoms with E-state index in [0.717, 1.165) is 6.42 Å². The highest BCUT2D eigenvalue weighted by molar-refractivity contribution is 8.13. The summed E-state index contributed by atoms with van der Waals surface area (Å²) in [4.78, 5) is 13.0. The first-order valence-corrected chi connectivity index (χ1v) is 8.13. The minimum atomic E-state index is -3.78. The van der Waals surface area contributed by atoms with Crippen LogP contribution < -0.4 is 10.6 Å². The Labute approximate surface area is 117 Å². The van der Waals surface area contributed by atoms with Crippen LogP contribution in [0.5, 0.6) is 0 Å². The molecule has 1 aromatic carbocycles. The topological polar surface area (TPSA) is 80.5 Å². The molecule has 106 valence electrons. The lowest BCUT2D eigenvalue weighted by atomic mass is 10.1. The van der Waals surface area contributed by atoms with Crippen LogP contribution >= 0.6 is 10.7 Å². The Morgan fingerprint density at radius 2 is 2.05 bits per heavy atom. The van der Waals surface area contributed by atoms with Crippen molar-refractivity contribution in [3.8, 4) is 0 Å². The largest absolute Gasteiger partial charge is 0.351 e. The third kappa shape index (κ3) is 3.61. The number of nitrogens with zero attached hydrogens (tertiary/aromatic N) is 1. The van der Waals surface area contributed by atoms with E-state index in [1.165, 1.54) is 17.0 Å². The molecule has 7 heteroatoms. The van der Waals surface area contributed by atoms with Gasteiger partial charge in [0.05, 0.1) is 4.90 Å². The number of primary amides is 1. The third-order valence-electron chi connectivity index (χ3n) is 2.97. The number of nitrogens with two attached hydrogens (primary N) is 1. The number of rotatable bonds is 4. The number of carbonyl (C=O) groups is 1. The zero-order chi connectivity index (χ0) is 14.8. The predicted octanol–water partition coefficient (Wildman–Crippen LogP) is 2.61. The monoisotopic (exact) mass is 304 g/mol. The molecule has 0 bridgehead atoms. The van der Waals surface area contributed by atoms with Crippen molar-refractivity contribution in [2.24, 2.45) is 5.73 Å². The number of urea groups is 1. The molecule has 19 heavy (non-hydrogen) atoms. The SMILES string of the molecule is CCC(C)N(C(N)=O)c1ccc(S(=O)(=O)Cl)c(C)c1. The highest BCUT2D eigenvalue weighted by Crippen LogP contribution is 2.26. The molecule has 0 spiro atoms. The maximum absolute atomic E-state index is 11.5. The summed E-state index contributed by atoms with van der Waals surface area (Å²) in [5.41, 5.74) is 6.39. The van der Waals surface area contributed by atoms with Crippen LogP contribution in [0.2, 0.25) is 0 Å². The van der Waals surface area contributed by atoms with E-state index >= 15 is 0 Å². The molecule has 0 heterocycles. The summed E-state index contributed by atoms with van der Waals surface area (Å²) < 4.78 is 22.6. The van der Waals surface area contributed by atoms with Crippen LogP contribution in [0.3, 0.4) is 0 Å². The van der Waals surface area contributed by atoms with Gasteiger partial charge in [0, 0.05) is 22.4 Å². The number of amides is 2. The fourth-order valence-electron chi connectivity index (χ4n) is 1.84. The van der Waals surface area contributed by atoms with Gasteiger partial charge < -0.3 is 5.73 Å². The van der Waals surface area contributed by atoms with Crippen molar-refractivity contribution in [2.45, 2.75) is 38.1 Å². The minimum absolute atomic E-state index is 0.0338. The van der Waals surface area contributed by atoms with E-state index in [1.807, 2.05) is 13.8 Å². The van der Waals surface area contributed by atoms with E-state index in [1.54, 1.807) is 13.0 Å². The maximum Gasteiger partial charge on any atom is 0.319 e. The van der Waals surface area contributed by atoms with Crippen LogP contribution in [0.4, 0.5) is 10.5 Å². The summed E-state index contributed by atoms with van der Waals surface area (Å²) in [5.74, 6) is 0. The second-order valence-corrected chi connectivity index (χ2v) is 6.89. The summed E-state index contributed by atoms with van der Waals surface area (Å²) in [5, 5.41) is 0. The Morgan fingerprint density at radius 3 is 2.42 bits per heavy atom. The average Bonchev–Trinajstić information content (AvgIpc) is 2.26. The number of hydrogen-bond donors (Lipinski definition) is 1. The summed E-state index contributed by atoms with van der Waals surface area (Å²) in [7, 11) is 1.53. The standard InChI is InChI=1S/C12H17ClN2O3S/c1-4-9(3)15(12(14)16)10-5-6-11(8(2)7-10)19(13,17)18/h5-7,9H,4H2,1-3H3,(H2,14,16). The van der Waals surface area contributed by atoms with Gasteiger partial charge in [0.25, 0.3) is 9.05 Å². The van der Waals surface area contributed by atoms with Crippen LogP contribution in [0.25, 0.3) is 0 Å². The first kappa shape index (κ1) is 15.8. The highest BCUT2D eigenvalue weighted by Gasteiger charge is 2.20. The summed E-state index contributed by atoms with van der Waals surface area (Å²) in [6.07, 6.45) is 0.734. The van der Waals surface area contributed by atoms with Gasteiger partial charge in [-0.15, -0.1) is 0 Å². The van der Waals surface area contributed by atoms with Gasteiger partial charge in [0.15, 0.2) is 0 Å². The van der Waals surface area contributed by atoms with Crippen LogP contribution in [0.1, 0.15) is 25.8 Å². The van der Waals surface area contributed by atoms with Gasteiger partial charge in [-0.1, -0.05) is 6.92 Å². The Hall–Kier alpha value is -1.27. The normalized spacial score (nSPS) is 13.1. The molecule has 0 radical (unpaired) electrons. The molecule has 2 amide bonds. The van der Waals surface area contributed by atoms with Gasteiger partial charge >= 0.3 is 6.03 Å². The van der Waals surface area contributed by atoms with E-state index in [-0.39, 0.29) is 10.9 Å². The van der Waals surface area contributed by atoms with Crippen LogP contribution in [-0.2, 0) is 9.05 Å². The number of anilines is 1. The van der Waals surface area contributed by atoms with Crippen molar-refractivity contribution in [2.75, 3.05) is 4.90 Å². The molecule has 0 fully saturated rings. The highest BCUT2D eigenvalue weighted by atomic mass is 35.7. The summed E-state index contributed by atoms with van der Waals surface area (Å²) in [6.45, 7) is 5.42. The molecule has 1 rings (SSSR count). The van der Waals surface area contributed by atoms with E-state index in [2.05, 4.69) is 0 Å². The van der Waals surface area contributed by atoms with Crippen molar-refractivity contribution in [1.29, 1.82) is 0 Å². The molecule has 1 unspecified atom stereocenters. The molecule has 2 N–H and O–H groups in total.